The molecule has 0 heterocycles. The van der Waals surface area contributed by atoms with E-state index in [0.717, 1.165) is 10.9 Å². The molecular formula is C13H10O. The Balaban J connectivity index is 2.65. The lowest BCUT2D eigenvalue weighted by Gasteiger charge is -1.98. The van der Waals surface area contributed by atoms with E-state index < -0.39 is 0 Å². The molecule has 0 aromatic heterocycles. The molecule has 0 spiro atoms. The third kappa shape index (κ3) is 1.61. The van der Waals surface area contributed by atoms with Crippen molar-refractivity contribution in [3.05, 3.63) is 48.0 Å². The van der Waals surface area contributed by atoms with Gasteiger partial charge in [0.2, 0.25) is 0 Å². The van der Waals surface area contributed by atoms with Gasteiger partial charge in [0.25, 0.3) is 0 Å². The SMILES string of the molecule is OCC#Cc1cccc2ccccc12. The number of aliphatic hydroxyl groups is 1. The average molecular weight is 182 g/mol. The highest BCUT2D eigenvalue weighted by Crippen LogP contribution is 2.17. The van der Waals surface area contributed by atoms with Crippen molar-refractivity contribution in [2.45, 2.75) is 0 Å². The van der Waals surface area contributed by atoms with Gasteiger partial charge in [-0.1, -0.05) is 48.2 Å². The van der Waals surface area contributed by atoms with E-state index in [9.17, 15) is 0 Å². The second kappa shape index (κ2) is 3.95. The number of hydrogen-bond donors (Lipinski definition) is 1. The number of fused-ring (bicyclic) bond motifs is 1. The Morgan fingerprint density at radius 3 is 2.64 bits per heavy atom. The molecule has 0 atom stereocenters. The van der Waals surface area contributed by atoms with Crippen LogP contribution in [0.1, 0.15) is 5.56 Å². The Labute approximate surface area is 83.0 Å². The summed E-state index contributed by atoms with van der Waals surface area (Å²) in [6, 6.07) is 14.1. The van der Waals surface area contributed by atoms with Crippen LogP contribution in [0.2, 0.25) is 0 Å². The Morgan fingerprint density at radius 2 is 1.79 bits per heavy atom. The minimum Gasteiger partial charge on any atom is -0.384 e. The van der Waals surface area contributed by atoms with E-state index >= 15 is 0 Å². The molecule has 2 rings (SSSR count). The number of hydrogen-bond acceptors (Lipinski definition) is 1. The lowest BCUT2D eigenvalue weighted by Crippen LogP contribution is -1.80. The van der Waals surface area contributed by atoms with Crippen molar-refractivity contribution >= 4 is 10.8 Å². The molecule has 0 aliphatic carbocycles. The molecule has 14 heavy (non-hydrogen) atoms. The van der Waals surface area contributed by atoms with Gasteiger partial charge in [-0.15, -0.1) is 0 Å². The fraction of sp³-hybridized carbons (Fsp3) is 0.0769. The molecule has 0 aliphatic heterocycles. The number of rotatable bonds is 0. The second-order valence-corrected chi connectivity index (χ2v) is 2.99. The maximum absolute atomic E-state index is 8.63. The number of benzene rings is 2. The third-order valence-corrected chi connectivity index (χ3v) is 2.09. The van der Waals surface area contributed by atoms with Gasteiger partial charge >= 0.3 is 0 Å². The lowest BCUT2D eigenvalue weighted by atomic mass is 10.1. The second-order valence-electron chi connectivity index (χ2n) is 2.99. The predicted octanol–water partition coefficient (Wildman–Crippen LogP) is 2.18. The van der Waals surface area contributed by atoms with Gasteiger partial charge in [0, 0.05) is 5.56 Å². The van der Waals surface area contributed by atoms with E-state index in [-0.39, 0.29) is 6.61 Å². The van der Waals surface area contributed by atoms with Gasteiger partial charge in [0.1, 0.15) is 6.61 Å². The first-order chi connectivity index (χ1) is 6.92. The largest absolute Gasteiger partial charge is 0.384 e. The monoisotopic (exact) mass is 182 g/mol. The smallest absolute Gasteiger partial charge is 0.104 e. The predicted molar refractivity (Wildman–Crippen MR) is 57.9 cm³/mol. The molecule has 0 fully saturated rings. The van der Waals surface area contributed by atoms with Crippen molar-refractivity contribution in [1.82, 2.24) is 0 Å². The molecule has 0 radical (unpaired) electrons. The molecule has 0 amide bonds. The van der Waals surface area contributed by atoms with Crippen LogP contribution >= 0.6 is 0 Å². The summed E-state index contributed by atoms with van der Waals surface area (Å²) in [5.41, 5.74) is 0.970. The minimum absolute atomic E-state index is 0.0940. The molecule has 0 unspecified atom stereocenters. The van der Waals surface area contributed by atoms with E-state index in [1.807, 2.05) is 30.3 Å². The Bertz CT molecular complexity index is 498. The van der Waals surface area contributed by atoms with E-state index in [2.05, 4.69) is 24.0 Å². The van der Waals surface area contributed by atoms with Crippen LogP contribution in [0.3, 0.4) is 0 Å². The molecule has 1 heteroatoms. The van der Waals surface area contributed by atoms with Crippen LogP contribution in [0.15, 0.2) is 42.5 Å². The molecule has 0 saturated heterocycles. The maximum atomic E-state index is 8.63. The van der Waals surface area contributed by atoms with Crippen molar-refractivity contribution < 1.29 is 5.11 Å². The lowest BCUT2D eigenvalue weighted by molar-refractivity contribution is 0.350. The Kier molecular flexibility index (Phi) is 2.48. The fourth-order valence-corrected chi connectivity index (χ4v) is 1.47. The van der Waals surface area contributed by atoms with Gasteiger partial charge in [-0.25, -0.2) is 0 Å². The van der Waals surface area contributed by atoms with E-state index in [4.69, 9.17) is 5.11 Å². The molecule has 1 nitrogen and oxygen atoms in total. The van der Waals surface area contributed by atoms with Crippen LogP contribution in [0.5, 0.6) is 0 Å². The van der Waals surface area contributed by atoms with E-state index in [1.165, 1.54) is 5.39 Å². The Hall–Kier alpha value is -1.78. The summed E-state index contributed by atoms with van der Waals surface area (Å²) in [7, 11) is 0. The van der Waals surface area contributed by atoms with Crippen molar-refractivity contribution in [2.24, 2.45) is 0 Å². The van der Waals surface area contributed by atoms with E-state index in [0.29, 0.717) is 0 Å². The van der Waals surface area contributed by atoms with Crippen LogP contribution in [0.25, 0.3) is 10.8 Å². The van der Waals surface area contributed by atoms with Crippen LogP contribution in [-0.2, 0) is 0 Å². The molecule has 2 aromatic carbocycles. The highest BCUT2D eigenvalue weighted by molar-refractivity contribution is 5.88. The third-order valence-electron chi connectivity index (χ3n) is 2.09. The van der Waals surface area contributed by atoms with Crippen molar-refractivity contribution in [3.8, 4) is 11.8 Å². The molecule has 1 N–H and O–H groups in total. The summed E-state index contributed by atoms with van der Waals surface area (Å²) in [6.07, 6.45) is 0. The zero-order valence-electron chi connectivity index (χ0n) is 7.70. The summed E-state index contributed by atoms with van der Waals surface area (Å²) in [6.45, 7) is -0.0940. The molecule has 0 bridgehead atoms. The quantitative estimate of drug-likeness (QED) is 0.619. The van der Waals surface area contributed by atoms with Crippen LogP contribution in [0.4, 0.5) is 0 Å². The zero-order valence-corrected chi connectivity index (χ0v) is 7.70. The zero-order chi connectivity index (χ0) is 9.80. The Morgan fingerprint density at radius 1 is 1.00 bits per heavy atom. The normalized spacial score (nSPS) is 9.50. The standard InChI is InChI=1S/C13H10O/c14-10-4-8-12-7-3-6-11-5-1-2-9-13(11)12/h1-3,5-7,9,14H,10H2. The van der Waals surface area contributed by atoms with Crippen molar-refractivity contribution in [1.29, 1.82) is 0 Å². The summed E-state index contributed by atoms with van der Waals surface area (Å²) in [5.74, 6) is 5.60. The number of aliphatic hydroxyl groups excluding tert-OH is 1. The van der Waals surface area contributed by atoms with Gasteiger partial charge in [0.15, 0.2) is 0 Å². The summed E-state index contributed by atoms with van der Waals surface area (Å²) >= 11 is 0. The topological polar surface area (TPSA) is 20.2 Å². The summed E-state index contributed by atoms with van der Waals surface area (Å²) < 4.78 is 0. The average Bonchev–Trinajstić information content (AvgIpc) is 2.26. The molecule has 68 valence electrons. The fourth-order valence-electron chi connectivity index (χ4n) is 1.47. The first kappa shape index (κ1) is 8.80. The first-order valence-corrected chi connectivity index (χ1v) is 4.49. The van der Waals surface area contributed by atoms with Gasteiger partial charge in [-0.05, 0) is 16.8 Å². The van der Waals surface area contributed by atoms with Gasteiger partial charge in [-0.3, -0.25) is 0 Å². The van der Waals surface area contributed by atoms with Crippen LogP contribution < -0.4 is 0 Å². The maximum Gasteiger partial charge on any atom is 0.104 e. The summed E-state index contributed by atoms with van der Waals surface area (Å²) in [5, 5.41) is 10.9. The van der Waals surface area contributed by atoms with Crippen LogP contribution in [0, 0.1) is 11.8 Å². The minimum atomic E-state index is -0.0940. The highest BCUT2D eigenvalue weighted by atomic mass is 16.2. The molecule has 0 aliphatic rings. The van der Waals surface area contributed by atoms with Gasteiger partial charge < -0.3 is 5.11 Å². The van der Waals surface area contributed by atoms with Crippen molar-refractivity contribution in [2.75, 3.05) is 6.61 Å². The van der Waals surface area contributed by atoms with Crippen LogP contribution in [-0.4, -0.2) is 11.7 Å². The molecule has 2 aromatic rings. The van der Waals surface area contributed by atoms with Gasteiger partial charge in [0.05, 0.1) is 0 Å². The highest BCUT2D eigenvalue weighted by Gasteiger charge is 1.95. The van der Waals surface area contributed by atoms with Crippen molar-refractivity contribution in [3.63, 3.8) is 0 Å². The first-order valence-electron chi connectivity index (χ1n) is 4.49. The van der Waals surface area contributed by atoms with Gasteiger partial charge in [-0.2, -0.15) is 0 Å². The molecule has 0 saturated carbocycles. The van der Waals surface area contributed by atoms with E-state index in [1.54, 1.807) is 0 Å². The molecular weight excluding hydrogens is 172 g/mol. The summed E-state index contributed by atoms with van der Waals surface area (Å²) in [4.78, 5) is 0.